The van der Waals surface area contributed by atoms with E-state index >= 15 is 0 Å². The second-order valence-corrected chi connectivity index (χ2v) is 6.98. The topological polar surface area (TPSA) is 94.7 Å². The van der Waals surface area contributed by atoms with E-state index in [1.54, 1.807) is 0 Å². The number of benzene rings is 1. The van der Waals surface area contributed by atoms with Crippen molar-refractivity contribution in [1.29, 1.82) is 0 Å². The number of phenolic OH excluding ortho intramolecular Hbond substituents is 1. The van der Waals surface area contributed by atoms with Crippen LogP contribution in [-0.4, -0.2) is 27.2 Å². The highest BCUT2D eigenvalue weighted by Crippen LogP contribution is 2.43. The Hall–Kier alpha value is -2.83. The standard InChI is InChI=1S/C19H22N2O5/c1-11-12(2)18-15(13(3)17(11)22)7-8-19(4,26-18)10-25-16-6-5-14(9-20-16)21(23)24/h5-6,9,22H,7-8,10H2,1-4H3. The summed E-state index contributed by atoms with van der Waals surface area (Å²) in [6, 6.07) is 2.84. The first-order valence-electron chi connectivity index (χ1n) is 8.46. The monoisotopic (exact) mass is 358 g/mol. The number of aromatic nitrogens is 1. The van der Waals surface area contributed by atoms with Crippen LogP contribution >= 0.6 is 0 Å². The Morgan fingerprint density at radius 1 is 1.31 bits per heavy atom. The van der Waals surface area contributed by atoms with Crippen molar-refractivity contribution in [2.24, 2.45) is 0 Å². The molecule has 1 atom stereocenters. The smallest absolute Gasteiger partial charge is 0.287 e. The third-order valence-corrected chi connectivity index (χ3v) is 5.05. The fourth-order valence-corrected chi connectivity index (χ4v) is 3.19. The zero-order valence-corrected chi connectivity index (χ0v) is 15.3. The van der Waals surface area contributed by atoms with E-state index in [0.717, 1.165) is 40.8 Å². The summed E-state index contributed by atoms with van der Waals surface area (Å²) in [5.41, 5.74) is 3.04. The number of ether oxygens (including phenoxy) is 2. The minimum atomic E-state index is -0.545. The van der Waals surface area contributed by atoms with Crippen molar-refractivity contribution in [2.75, 3.05) is 6.61 Å². The highest BCUT2D eigenvalue weighted by Gasteiger charge is 2.35. The van der Waals surface area contributed by atoms with E-state index in [1.807, 2.05) is 27.7 Å². The molecule has 3 rings (SSSR count). The lowest BCUT2D eigenvalue weighted by Gasteiger charge is -2.37. The van der Waals surface area contributed by atoms with Crippen LogP contribution in [0.15, 0.2) is 18.3 Å². The van der Waals surface area contributed by atoms with Crippen LogP contribution in [0.3, 0.4) is 0 Å². The van der Waals surface area contributed by atoms with Crippen LogP contribution in [0, 0.1) is 30.9 Å². The quantitative estimate of drug-likeness (QED) is 0.660. The van der Waals surface area contributed by atoms with Gasteiger partial charge in [-0.3, -0.25) is 10.1 Å². The first-order chi connectivity index (χ1) is 12.2. The van der Waals surface area contributed by atoms with E-state index in [-0.39, 0.29) is 12.3 Å². The van der Waals surface area contributed by atoms with Crippen molar-refractivity contribution >= 4 is 5.69 Å². The number of nitrogens with zero attached hydrogens (tertiary/aromatic N) is 2. The van der Waals surface area contributed by atoms with Crippen LogP contribution in [0.1, 0.15) is 35.6 Å². The van der Waals surface area contributed by atoms with Crippen LogP contribution in [0.4, 0.5) is 5.69 Å². The Kier molecular flexibility index (Phi) is 4.48. The summed E-state index contributed by atoms with van der Waals surface area (Å²) in [7, 11) is 0. The minimum absolute atomic E-state index is 0.0761. The van der Waals surface area contributed by atoms with Crippen LogP contribution < -0.4 is 9.47 Å². The lowest BCUT2D eigenvalue weighted by Crippen LogP contribution is -2.42. The molecule has 0 fully saturated rings. The van der Waals surface area contributed by atoms with Gasteiger partial charge >= 0.3 is 0 Å². The number of fused-ring (bicyclic) bond motifs is 1. The van der Waals surface area contributed by atoms with Crippen LogP contribution in [0.25, 0.3) is 0 Å². The summed E-state index contributed by atoms with van der Waals surface area (Å²) in [6.07, 6.45) is 2.69. The number of hydrogen-bond donors (Lipinski definition) is 1. The lowest BCUT2D eigenvalue weighted by atomic mass is 9.87. The number of rotatable bonds is 4. The SMILES string of the molecule is Cc1c(C)c2c(c(C)c1O)CCC(C)(COc1ccc([N+](=O)[O-])cn1)O2. The molecule has 1 aromatic heterocycles. The molecule has 1 aliphatic heterocycles. The van der Waals surface area contributed by atoms with Gasteiger partial charge in [0.05, 0.1) is 4.92 Å². The predicted molar refractivity (Wildman–Crippen MR) is 96.1 cm³/mol. The largest absolute Gasteiger partial charge is 0.507 e. The van der Waals surface area contributed by atoms with Gasteiger partial charge in [-0.05, 0) is 57.2 Å². The zero-order chi connectivity index (χ0) is 19.1. The number of pyridine rings is 1. The maximum Gasteiger partial charge on any atom is 0.287 e. The maximum atomic E-state index is 10.7. The third kappa shape index (κ3) is 3.16. The summed E-state index contributed by atoms with van der Waals surface area (Å²) in [4.78, 5) is 14.1. The van der Waals surface area contributed by atoms with Gasteiger partial charge in [0.2, 0.25) is 5.88 Å². The Labute approximate surface area is 151 Å². The molecule has 0 bridgehead atoms. The molecule has 0 amide bonds. The maximum absolute atomic E-state index is 10.7. The van der Waals surface area contributed by atoms with Gasteiger partial charge in [-0.1, -0.05) is 0 Å². The molecule has 26 heavy (non-hydrogen) atoms. The second-order valence-electron chi connectivity index (χ2n) is 6.98. The Morgan fingerprint density at radius 3 is 2.65 bits per heavy atom. The Morgan fingerprint density at radius 2 is 2.04 bits per heavy atom. The van der Waals surface area contributed by atoms with Crippen LogP contribution in [-0.2, 0) is 6.42 Å². The molecule has 1 aromatic carbocycles. The highest BCUT2D eigenvalue weighted by atomic mass is 16.6. The van der Waals surface area contributed by atoms with Gasteiger partial charge in [0.1, 0.15) is 29.9 Å². The predicted octanol–water partition coefficient (Wildman–Crippen LogP) is 3.78. The fraction of sp³-hybridized carbons (Fsp3) is 0.421. The van der Waals surface area contributed by atoms with Crippen molar-refractivity contribution in [1.82, 2.24) is 4.98 Å². The van der Waals surface area contributed by atoms with Crippen molar-refractivity contribution in [3.63, 3.8) is 0 Å². The summed E-state index contributed by atoms with van der Waals surface area (Å²) < 4.78 is 12.0. The van der Waals surface area contributed by atoms with Gasteiger partial charge in [-0.15, -0.1) is 0 Å². The van der Waals surface area contributed by atoms with Crippen molar-refractivity contribution < 1.29 is 19.5 Å². The fourth-order valence-electron chi connectivity index (χ4n) is 3.19. The summed E-state index contributed by atoms with van der Waals surface area (Å²) in [6.45, 7) is 7.97. The van der Waals surface area contributed by atoms with Crippen molar-refractivity contribution in [2.45, 2.75) is 46.1 Å². The molecule has 0 spiro atoms. The molecule has 138 valence electrons. The molecular weight excluding hydrogens is 336 g/mol. The average Bonchev–Trinajstić information content (AvgIpc) is 2.63. The minimum Gasteiger partial charge on any atom is -0.507 e. The Balaban J connectivity index is 1.77. The summed E-state index contributed by atoms with van der Waals surface area (Å²) in [5.74, 6) is 1.47. The van der Waals surface area contributed by atoms with Gasteiger partial charge in [-0.25, -0.2) is 4.98 Å². The highest BCUT2D eigenvalue weighted by molar-refractivity contribution is 5.58. The average molecular weight is 358 g/mol. The van der Waals surface area contributed by atoms with E-state index in [2.05, 4.69) is 4.98 Å². The number of nitro groups is 1. The third-order valence-electron chi connectivity index (χ3n) is 5.05. The number of aromatic hydroxyl groups is 1. The molecule has 1 unspecified atom stereocenters. The molecule has 2 aromatic rings. The molecule has 1 N–H and O–H groups in total. The van der Waals surface area contributed by atoms with Crippen molar-refractivity contribution in [3.8, 4) is 17.4 Å². The lowest BCUT2D eigenvalue weighted by molar-refractivity contribution is -0.385. The number of phenols is 1. The van der Waals surface area contributed by atoms with Gasteiger partial charge in [0, 0.05) is 17.7 Å². The van der Waals surface area contributed by atoms with Crippen LogP contribution in [0.5, 0.6) is 17.4 Å². The number of hydrogen-bond acceptors (Lipinski definition) is 6. The molecule has 7 heteroatoms. The molecule has 1 aliphatic rings. The molecular formula is C19H22N2O5. The van der Waals surface area contributed by atoms with Gasteiger partial charge in [0.15, 0.2) is 0 Å². The van der Waals surface area contributed by atoms with Crippen molar-refractivity contribution in [3.05, 3.63) is 50.7 Å². The van der Waals surface area contributed by atoms with Gasteiger partial charge in [-0.2, -0.15) is 0 Å². The van der Waals surface area contributed by atoms with E-state index < -0.39 is 10.5 Å². The normalized spacial score (nSPS) is 18.8. The molecule has 0 saturated heterocycles. The second kappa shape index (κ2) is 6.48. The molecule has 7 nitrogen and oxygen atoms in total. The molecule has 2 heterocycles. The molecule has 0 saturated carbocycles. The zero-order valence-electron chi connectivity index (χ0n) is 15.3. The van der Waals surface area contributed by atoms with Gasteiger partial charge in [0.25, 0.3) is 5.69 Å². The van der Waals surface area contributed by atoms with E-state index in [0.29, 0.717) is 11.6 Å². The summed E-state index contributed by atoms with van der Waals surface area (Å²) >= 11 is 0. The van der Waals surface area contributed by atoms with E-state index in [4.69, 9.17) is 9.47 Å². The van der Waals surface area contributed by atoms with Crippen LogP contribution in [0.2, 0.25) is 0 Å². The van der Waals surface area contributed by atoms with E-state index in [9.17, 15) is 15.2 Å². The first kappa shape index (κ1) is 18.0. The summed E-state index contributed by atoms with van der Waals surface area (Å²) in [5, 5.41) is 20.9. The van der Waals surface area contributed by atoms with Gasteiger partial charge < -0.3 is 14.6 Å². The van der Waals surface area contributed by atoms with E-state index in [1.165, 1.54) is 18.3 Å². The molecule has 0 radical (unpaired) electrons. The molecule has 0 aliphatic carbocycles. The Bertz CT molecular complexity index is 863. The first-order valence-corrected chi connectivity index (χ1v) is 8.46.